The van der Waals surface area contributed by atoms with Gasteiger partial charge in [-0.25, -0.2) is 0 Å². The van der Waals surface area contributed by atoms with E-state index < -0.39 is 5.92 Å². The molecule has 0 heterocycles. The molecule has 0 amide bonds. The highest BCUT2D eigenvalue weighted by Crippen LogP contribution is 2.28. The number of halogens is 1. The Labute approximate surface area is 107 Å². The molecule has 0 aliphatic rings. The zero-order valence-electron chi connectivity index (χ0n) is 10.3. The average molecular weight is 250 g/mol. The van der Waals surface area contributed by atoms with Crippen molar-refractivity contribution in [3.05, 3.63) is 34.9 Å². The maximum absolute atomic E-state index is 12.2. The molecule has 0 fully saturated rings. The summed E-state index contributed by atoms with van der Waals surface area (Å²) in [4.78, 5) is 12.2. The Morgan fingerprint density at radius 2 is 1.88 bits per heavy atom. The van der Waals surface area contributed by atoms with Crippen molar-refractivity contribution in [2.75, 3.05) is 0 Å². The molecule has 2 nitrogen and oxygen atoms in total. The van der Waals surface area contributed by atoms with Crippen LogP contribution in [0.2, 0.25) is 5.02 Å². The number of benzene rings is 1. The number of nitrogens with zero attached hydrogens (tertiary/aromatic N) is 1. The van der Waals surface area contributed by atoms with Crippen LogP contribution in [0.4, 0.5) is 0 Å². The van der Waals surface area contributed by atoms with E-state index in [9.17, 15) is 10.1 Å². The van der Waals surface area contributed by atoms with Crippen molar-refractivity contribution in [3.63, 3.8) is 0 Å². The molecule has 17 heavy (non-hydrogen) atoms. The molecule has 3 heteroatoms. The molecule has 0 spiro atoms. The monoisotopic (exact) mass is 249 g/mol. The average Bonchev–Trinajstić information content (AvgIpc) is 2.31. The molecule has 2 atom stereocenters. The molecule has 1 rings (SSSR count). The Morgan fingerprint density at radius 1 is 1.29 bits per heavy atom. The predicted molar refractivity (Wildman–Crippen MR) is 68.8 cm³/mol. The first-order valence-electron chi connectivity index (χ1n) is 5.66. The van der Waals surface area contributed by atoms with E-state index in [-0.39, 0.29) is 17.6 Å². The summed E-state index contributed by atoms with van der Waals surface area (Å²) >= 11 is 6.02. The van der Waals surface area contributed by atoms with E-state index in [1.807, 2.05) is 20.8 Å². The molecular formula is C14H16ClNO. The van der Waals surface area contributed by atoms with E-state index in [0.717, 1.165) is 0 Å². The minimum Gasteiger partial charge on any atom is -0.298 e. The zero-order valence-corrected chi connectivity index (χ0v) is 11.0. The van der Waals surface area contributed by atoms with Gasteiger partial charge in [-0.15, -0.1) is 0 Å². The number of carbonyl (C=O) groups is 1. The van der Waals surface area contributed by atoms with Crippen molar-refractivity contribution in [3.8, 4) is 6.07 Å². The lowest BCUT2D eigenvalue weighted by atomic mass is 9.84. The van der Waals surface area contributed by atoms with Gasteiger partial charge < -0.3 is 0 Å². The number of nitriles is 1. The van der Waals surface area contributed by atoms with Gasteiger partial charge in [0.25, 0.3) is 0 Å². The summed E-state index contributed by atoms with van der Waals surface area (Å²) in [5.41, 5.74) is 0.606. The first kappa shape index (κ1) is 13.7. The van der Waals surface area contributed by atoms with Crippen molar-refractivity contribution in [1.29, 1.82) is 5.26 Å². The number of hydrogen-bond acceptors (Lipinski definition) is 2. The van der Waals surface area contributed by atoms with Crippen molar-refractivity contribution in [2.24, 2.45) is 11.8 Å². The second-order valence-electron chi connectivity index (χ2n) is 4.52. The summed E-state index contributed by atoms with van der Waals surface area (Å²) in [6.45, 7) is 5.81. The third-order valence-electron chi connectivity index (χ3n) is 3.08. The molecule has 0 saturated heterocycles. The van der Waals surface area contributed by atoms with Crippen LogP contribution in [0.3, 0.4) is 0 Å². The highest BCUT2D eigenvalue weighted by atomic mass is 35.5. The predicted octanol–water partition coefficient (Wildman–Crippen LogP) is 3.81. The topological polar surface area (TPSA) is 40.9 Å². The van der Waals surface area contributed by atoms with Crippen molar-refractivity contribution in [1.82, 2.24) is 0 Å². The van der Waals surface area contributed by atoms with E-state index in [2.05, 4.69) is 6.07 Å². The number of rotatable bonds is 4. The van der Waals surface area contributed by atoms with E-state index >= 15 is 0 Å². The quantitative estimate of drug-likeness (QED) is 0.814. The lowest BCUT2D eigenvalue weighted by molar-refractivity contribution is -0.123. The molecular weight excluding hydrogens is 234 g/mol. The van der Waals surface area contributed by atoms with Gasteiger partial charge in [0.05, 0.1) is 6.07 Å². The molecule has 1 aromatic rings. The summed E-state index contributed by atoms with van der Waals surface area (Å²) in [6, 6.07) is 9.08. The van der Waals surface area contributed by atoms with Crippen molar-refractivity contribution >= 4 is 17.4 Å². The third kappa shape index (κ3) is 3.08. The number of hydrogen-bond donors (Lipinski definition) is 0. The molecule has 0 radical (unpaired) electrons. The fraction of sp³-hybridized carbons (Fsp3) is 0.429. The van der Waals surface area contributed by atoms with Crippen LogP contribution in [0.5, 0.6) is 0 Å². The van der Waals surface area contributed by atoms with E-state index in [1.165, 1.54) is 0 Å². The molecule has 0 bridgehead atoms. The van der Waals surface area contributed by atoms with Gasteiger partial charge in [0.2, 0.25) is 0 Å². The Hall–Kier alpha value is -1.33. The van der Waals surface area contributed by atoms with Gasteiger partial charge in [-0.1, -0.05) is 50.6 Å². The molecule has 1 aromatic carbocycles. The number of Topliss-reactive ketones (excluding diaryl/α,β-unsaturated/α-hetero) is 1. The molecule has 0 aromatic heterocycles. The van der Waals surface area contributed by atoms with Gasteiger partial charge in [0, 0.05) is 10.9 Å². The van der Waals surface area contributed by atoms with Crippen LogP contribution in [0.25, 0.3) is 0 Å². The Kier molecular flexibility index (Phi) is 4.72. The van der Waals surface area contributed by atoms with Gasteiger partial charge in [-0.3, -0.25) is 4.79 Å². The van der Waals surface area contributed by atoms with Crippen LogP contribution in [-0.2, 0) is 4.79 Å². The summed E-state index contributed by atoms with van der Waals surface area (Å²) in [7, 11) is 0. The maximum Gasteiger partial charge on any atom is 0.157 e. The minimum absolute atomic E-state index is 0.0596. The second kappa shape index (κ2) is 5.84. The third-order valence-corrected chi connectivity index (χ3v) is 3.42. The van der Waals surface area contributed by atoms with E-state index in [4.69, 9.17) is 11.6 Å². The molecule has 0 N–H and O–H groups in total. The van der Waals surface area contributed by atoms with Gasteiger partial charge in [-0.05, 0) is 17.5 Å². The molecule has 2 unspecified atom stereocenters. The Bertz CT molecular complexity index is 448. The summed E-state index contributed by atoms with van der Waals surface area (Å²) in [5, 5.41) is 9.65. The molecule has 0 saturated carbocycles. The zero-order chi connectivity index (χ0) is 13.0. The van der Waals surface area contributed by atoms with Crippen molar-refractivity contribution in [2.45, 2.75) is 26.7 Å². The molecule has 0 aliphatic heterocycles. The smallest absolute Gasteiger partial charge is 0.157 e. The Morgan fingerprint density at radius 3 is 2.35 bits per heavy atom. The van der Waals surface area contributed by atoms with Gasteiger partial charge >= 0.3 is 0 Å². The minimum atomic E-state index is -0.763. The van der Waals surface area contributed by atoms with Crippen LogP contribution in [-0.4, -0.2) is 5.78 Å². The fourth-order valence-electron chi connectivity index (χ4n) is 1.59. The molecule has 90 valence electrons. The van der Waals surface area contributed by atoms with Crippen LogP contribution >= 0.6 is 11.6 Å². The standard InChI is InChI=1S/C14H16ClNO/c1-9(2)10(3)14(17)12(8-16)11-6-4-5-7-13(11)15/h4-7,9-10,12H,1-3H3. The van der Waals surface area contributed by atoms with Crippen LogP contribution in [0.15, 0.2) is 24.3 Å². The van der Waals surface area contributed by atoms with Crippen LogP contribution in [0.1, 0.15) is 32.3 Å². The largest absolute Gasteiger partial charge is 0.298 e. The van der Waals surface area contributed by atoms with Crippen LogP contribution in [0, 0.1) is 23.2 Å². The van der Waals surface area contributed by atoms with E-state index in [1.54, 1.807) is 24.3 Å². The van der Waals surface area contributed by atoms with Crippen molar-refractivity contribution < 1.29 is 4.79 Å². The lowest BCUT2D eigenvalue weighted by Crippen LogP contribution is -2.23. The lowest BCUT2D eigenvalue weighted by Gasteiger charge is -2.18. The van der Waals surface area contributed by atoms with Crippen LogP contribution < -0.4 is 0 Å². The molecule has 0 aliphatic carbocycles. The highest BCUT2D eigenvalue weighted by molar-refractivity contribution is 6.31. The van der Waals surface area contributed by atoms with E-state index in [0.29, 0.717) is 10.6 Å². The first-order valence-corrected chi connectivity index (χ1v) is 6.04. The van der Waals surface area contributed by atoms with Gasteiger partial charge in [0.15, 0.2) is 5.78 Å². The van der Waals surface area contributed by atoms with Gasteiger partial charge in [0.1, 0.15) is 5.92 Å². The number of carbonyl (C=O) groups excluding carboxylic acids is 1. The second-order valence-corrected chi connectivity index (χ2v) is 4.93. The first-order chi connectivity index (χ1) is 7.99. The summed E-state index contributed by atoms with van der Waals surface area (Å²) in [5.74, 6) is -0.742. The fourth-order valence-corrected chi connectivity index (χ4v) is 1.83. The Balaban J connectivity index is 3.06. The summed E-state index contributed by atoms with van der Waals surface area (Å²) in [6.07, 6.45) is 0. The highest BCUT2D eigenvalue weighted by Gasteiger charge is 2.28. The normalized spacial score (nSPS) is 14.1. The maximum atomic E-state index is 12.2. The summed E-state index contributed by atoms with van der Waals surface area (Å²) < 4.78 is 0. The number of ketones is 1. The van der Waals surface area contributed by atoms with Gasteiger partial charge in [-0.2, -0.15) is 5.26 Å². The SMILES string of the molecule is CC(C)C(C)C(=O)C(C#N)c1ccccc1Cl.